The maximum atomic E-state index is 11.4. The third-order valence-corrected chi connectivity index (χ3v) is 1.84. The first-order valence-corrected chi connectivity index (χ1v) is 4.82. The molecule has 0 atom stereocenters. The molecule has 1 N–H and O–H groups in total. The van der Waals surface area contributed by atoms with Crippen LogP contribution in [0.5, 0.6) is 0 Å². The third-order valence-electron chi connectivity index (χ3n) is 1.84. The van der Waals surface area contributed by atoms with Gasteiger partial charge in [0.05, 0.1) is 6.54 Å². The predicted octanol–water partition coefficient (Wildman–Crippen LogP) is 0.793. The number of ether oxygens (including phenoxy) is 1. The van der Waals surface area contributed by atoms with Crippen molar-refractivity contribution in [1.29, 1.82) is 0 Å². The van der Waals surface area contributed by atoms with Gasteiger partial charge in [0.15, 0.2) is 0 Å². The van der Waals surface area contributed by atoms with Crippen LogP contribution in [-0.2, 0) is 4.74 Å². The van der Waals surface area contributed by atoms with Gasteiger partial charge in [0, 0.05) is 13.6 Å². The molecular formula is C9H17N3O3. The van der Waals surface area contributed by atoms with Crippen molar-refractivity contribution in [2.45, 2.75) is 26.4 Å². The zero-order chi connectivity index (χ0) is 11.6. The van der Waals surface area contributed by atoms with Gasteiger partial charge in [0.25, 0.3) is 0 Å². The Kier molecular flexibility index (Phi) is 3.06. The van der Waals surface area contributed by atoms with Gasteiger partial charge in [-0.15, -0.1) is 0 Å². The van der Waals surface area contributed by atoms with Crippen LogP contribution in [0.4, 0.5) is 9.59 Å². The Labute approximate surface area is 89.1 Å². The molecule has 0 unspecified atom stereocenters. The number of hydrogen-bond donors (Lipinski definition) is 1. The second-order valence-electron chi connectivity index (χ2n) is 4.47. The summed E-state index contributed by atoms with van der Waals surface area (Å²) in [6, 6.07) is -0.221. The second kappa shape index (κ2) is 3.96. The number of carbonyl (C=O) groups is 2. The number of likely N-dealkylation sites (N-methyl/N-ethyl adjacent to an activating group) is 1. The van der Waals surface area contributed by atoms with Crippen LogP contribution in [0.15, 0.2) is 0 Å². The lowest BCUT2D eigenvalue weighted by Gasteiger charge is -2.22. The Bertz CT molecular complexity index is 272. The molecule has 1 aliphatic rings. The van der Waals surface area contributed by atoms with Gasteiger partial charge >= 0.3 is 12.1 Å². The van der Waals surface area contributed by atoms with Gasteiger partial charge in [-0.2, -0.15) is 0 Å². The molecule has 0 aliphatic carbocycles. The Morgan fingerprint density at radius 1 is 1.40 bits per heavy atom. The SMILES string of the molecule is CN1CCN(NC(=O)OC(C)(C)C)C1=O. The summed E-state index contributed by atoms with van der Waals surface area (Å²) < 4.78 is 5.02. The van der Waals surface area contributed by atoms with Gasteiger partial charge in [-0.05, 0) is 20.8 Å². The summed E-state index contributed by atoms with van der Waals surface area (Å²) in [5.41, 5.74) is 1.84. The minimum atomic E-state index is -0.605. The Morgan fingerprint density at radius 3 is 2.40 bits per heavy atom. The number of urea groups is 1. The van der Waals surface area contributed by atoms with E-state index in [1.54, 1.807) is 27.8 Å². The van der Waals surface area contributed by atoms with Crippen LogP contribution in [0, 0.1) is 0 Å². The van der Waals surface area contributed by atoms with Gasteiger partial charge in [-0.25, -0.2) is 20.0 Å². The van der Waals surface area contributed by atoms with E-state index in [4.69, 9.17) is 4.74 Å². The molecular weight excluding hydrogens is 198 g/mol. The fraction of sp³-hybridized carbons (Fsp3) is 0.778. The number of amides is 3. The molecule has 0 aromatic heterocycles. The van der Waals surface area contributed by atoms with Crippen molar-refractivity contribution in [3.8, 4) is 0 Å². The molecule has 0 aromatic carbocycles. The van der Waals surface area contributed by atoms with E-state index < -0.39 is 11.7 Å². The zero-order valence-corrected chi connectivity index (χ0v) is 9.53. The topological polar surface area (TPSA) is 61.9 Å². The fourth-order valence-electron chi connectivity index (χ4n) is 1.16. The van der Waals surface area contributed by atoms with Crippen LogP contribution >= 0.6 is 0 Å². The van der Waals surface area contributed by atoms with E-state index in [-0.39, 0.29) is 6.03 Å². The molecule has 0 radical (unpaired) electrons. The van der Waals surface area contributed by atoms with Crippen molar-refractivity contribution in [2.75, 3.05) is 20.1 Å². The molecule has 1 aliphatic heterocycles. The number of rotatable bonds is 1. The molecule has 0 aromatic rings. The summed E-state index contributed by atoms with van der Waals surface area (Å²) in [7, 11) is 1.68. The standard InChI is InChI=1S/C9H17N3O3/c1-9(2,3)15-7(13)10-12-6-5-11(4)8(12)14/h5-6H2,1-4H3,(H,10,13). The van der Waals surface area contributed by atoms with E-state index in [1.165, 1.54) is 9.91 Å². The normalized spacial score (nSPS) is 16.9. The highest BCUT2D eigenvalue weighted by atomic mass is 16.6. The largest absolute Gasteiger partial charge is 0.443 e. The van der Waals surface area contributed by atoms with Crippen molar-refractivity contribution in [1.82, 2.24) is 15.3 Å². The molecule has 0 spiro atoms. The van der Waals surface area contributed by atoms with Gasteiger partial charge in [0.2, 0.25) is 0 Å². The zero-order valence-electron chi connectivity index (χ0n) is 9.53. The van der Waals surface area contributed by atoms with Crippen molar-refractivity contribution in [2.24, 2.45) is 0 Å². The lowest BCUT2D eigenvalue weighted by molar-refractivity contribution is 0.0398. The summed E-state index contributed by atoms with van der Waals surface area (Å²) in [5, 5.41) is 1.24. The van der Waals surface area contributed by atoms with E-state index >= 15 is 0 Å². The Hall–Kier alpha value is -1.46. The number of hydrazine groups is 1. The van der Waals surface area contributed by atoms with Crippen molar-refractivity contribution < 1.29 is 14.3 Å². The van der Waals surface area contributed by atoms with Crippen LogP contribution in [0.1, 0.15) is 20.8 Å². The summed E-state index contributed by atoms with van der Waals surface area (Å²) in [6.45, 7) is 6.39. The highest BCUT2D eigenvalue weighted by Gasteiger charge is 2.28. The van der Waals surface area contributed by atoms with E-state index in [9.17, 15) is 9.59 Å². The average Bonchev–Trinajstić information content (AvgIpc) is 2.32. The van der Waals surface area contributed by atoms with E-state index in [0.717, 1.165) is 0 Å². The molecule has 3 amide bonds. The average molecular weight is 215 g/mol. The number of nitrogens with one attached hydrogen (secondary N) is 1. The number of hydrogen-bond acceptors (Lipinski definition) is 3. The molecule has 0 bridgehead atoms. The van der Waals surface area contributed by atoms with Crippen molar-refractivity contribution in [3.63, 3.8) is 0 Å². The summed E-state index contributed by atoms with van der Waals surface area (Å²) in [5.74, 6) is 0. The molecule has 1 saturated heterocycles. The Morgan fingerprint density at radius 2 is 2.00 bits per heavy atom. The maximum Gasteiger partial charge on any atom is 0.426 e. The van der Waals surface area contributed by atoms with Gasteiger partial charge in [-0.1, -0.05) is 0 Å². The monoisotopic (exact) mass is 215 g/mol. The quantitative estimate of drug-likeness (QED) is 0.703. The minimum Gasteiger partial charge on any atom is -0.443 e. The molecule has 6 heteroatoms. The van der Waals surface area contributed by atoms with Crippen LogP contribution < -0.4 is 5.43 Å². The summed E-state index contributed by atoms with van der Waals surface area (Å²) in [4.78, 5) is 24.2. The Balaban J connectivity index is 2.43. The molecule has 1 rings (SSSR count). The van der Waals surface area contributed by atoms with Crippen molar-refractivity contribution in [3.05, 3.63) is 0 Å². The molecule has 1 heterocycles. The van der Waals surface area contributed by atoms with E-state index in [0.29, 0.717) is 13.1 Å². The first-order valence-electron chi connectivity index (χ1n) is 4.82. The molecule has 15 heavy (non-hydrogen) atoms. The van der Waals surface area contributed by atoms with Crippen LogP contribution in [0.2, 0.25) is 0 Å². The van der Waals surface area contributed by atoms with Gasteiger partial charge in [-0.3, -0.25) is 0 Å². The van der Waals surface area contributed by atoms with E-state index in [2.05, 4.69) is 5.43 Å². The predicted molar refractivity (Wildman–Crippen MR) is 54.1 cm³/mol. The smallest absolute Gasteiger partial charge is 0.426 e. The highest BCUT2D eigenvalue weighted by Crippen LogP contribution is 2.08. The summed E-state index contributed by atoms with van der Waals surface area (Å²) in [6.07, 6.45) is -0.605. The van der Waals surface area contributed by atoms with Gasteiger partial charge < -0.3 is 9.64 Å². The highest BCUT2D eigenvalue weighted by molar-refractivity contribution is 5.79. The first-order chi connectivity index (χ1) is 6.79. The molecule has 0 saturated carbocycles. The fourth-order valence-corrected chi connectivity index (χ4v) is 1.16. The molecule has 6 nitrogen and oxygen atoms in total. The number of nitrogens with zero attached hydrogens (tertiary/aromatic N) is 2. The second-order valence-corrected chi connectivity index (χ2v) is 4.47. The molecule has 86 valence electrons. The minimum absolute atomic E-state index is 0.221. The first kappa shape index (κ1) is 11.6. The van der Waals surface area contributed by atoms with Crippen LogP contribution in [0.3, 0.4) is 0 Å². The van der Waals surface area contributed by atoms with Gasteiger partial charge in [0.1, 0.15) is 5.60 Å². The van der Waals surface area contributed by atoms with Crippen molar-refractivity contribution >= 4 is 12.1 Å². The van der Waals surface area contributed by atoms with Crippen LogP contribution in [0.25, 0.3) is 0 Å². The van der Waals surface area contributed by atoms with E-state index in [1.807, 2.05) is 0 Å². The third kappa shape index (κ3) is 3.30. The lowest BCUT2D eigenvalue weighted by Crippen LogP contribution is -2.46. The lowest BCUT2D eigenvalue weighted by atomic mass is 10.2. The van der Waals surface area contributed by atoms with Crippen LogP contribution in [-0.4, -0.2) is 47.8 Å². The summed E-state index contributed by atoms with van der Waals surface area (Å²) >= 11 is 0. The molecule has 1 fully saturated rings. The number of carbonyl (C=O) groups excluding carboxylic acids is 2. The maximum absolute atomic E-state index is 11.4.